The molecule has 0 aliphatic carbocycles. The van der Waals surface area contributed by atoms with Crippen molar-refractivity contribution in [1.29, 1.82) is 0 Å². The van der Waals surface area contributed by atoms with Gasteiger partial charge in [0.05, 0.1) is 5.60 Å². The molecule has 0 radical (unpaired) electrons. The zero-order valence-electron chi connectivity index (χ0n) is 11.9. The van der Waals surface area contributed by atoms with Gasteiger partial charge in [0.25, 0.3) is 0 Å². The Morgan fingerprint density at radius 3 is 2.86 bits per heavy atom. The zero-order valence-corrected chi connectivity index (χ0v) is 11.9. The maximum Gasteiger partial charge on any atom is 0.222 e. The summed E-state index contributed by atoms with van der Waals surface area (Å²) in [6.07, 6.45) is 3.94. The van der Waals surface area contributed by atoms with Crippen LogP contribution in [0.1, 0.15) is 37.7 Å². The summed E-state index contributed by atoms with van der Waals surface area (Å²) in [5, 5.41) is 0. The quantitative estimate of drug-likeness (QED) is 0.839. The lowest BCUT2D eigenvalue weighted by atomic mass is 9.92. The number of likely N-dealkylation sites (tertiary alicyclic amines) is 1. The van der Waals surface area contributed by atoms with Crippen LogP contribution in [0.3, 0.4) is 0 Å². The highest BCUT2D eigenvalue weighted by molar-refractivity contribution is 5.76. The monoisotopic (exact) mass is 295 g/mol. The van der Waals surface area contributed by atoms with E-state index in [9.17, 15) is 13.6 Å². The third-order valence-electron chi connectivity index (χ3n) is 4.56. The van der Waals surface area contributed by atoms with Crippen LogP contribution >= 0.6 is 0 Å². The maximum absolute atomic E-state index is 13.7. The van der Waals surface area contributed by atoms with Crippen molar-refractivity contribution in [2.24, 2.45) is 0 Å². The molecule has 1 aromatic rings. The van der Waals surface area contributed by atoms with E-state index in [1.807, 2.05) is 0 Å². The van der Waals surface area contributed by atoms with Crippen molar-refractivity contribution in [3.63, 3.8) is 0 Å². The van der Waals surface area contributed by atoms with Gasteiger partial charge >= 0.3 is 0 Å². The first-order chi connectivity index (χ1) is 10.1. The average Bonchev–Trinajstić information content (AvgIpc) is 2.88. The molecule has 0 aromatic heterocycles. The summed E-state index contributed by atoms with van der Waals surface area (Å²) < 4.78 is 32.8. The molecule has 1 spiro atoms. The number of ether oxygens (including phenoxy) is 1. The Labute approximate surface area is 122 Å². The minimum absolute atomic E-state index is 0.00830. The molecule has 114 valence electrons. The van der Waals surface area contributed by atoms with Gasteiger partial charge in [-0.15, -0.1) is 0 Å². The van der Waals surface area contributed by atoms with Gasteiger partial charge < -0.3 is 9.64 Å². The van der Waals surface area contributed by atoms with Crippen molar-refractivity contribution in [2.75, 3.05) is 13.2 Å². The van der Waals surface area contributed by atoms with E-state index in [-0.39, 0.29) is 23.6 Å². The lowest BCUT2D eigenvalue weighted by Gasteiger charge is -2.26. The van der Waals surface area contributed by atoms with E-state index >= 15 is 0 Å². The van der Waals surface area contributed by atoms with Crippen LogP contribution in [0.2, 0.25) is 0 Å². The van der Waals surface area contributed by atoms with E-state index in [2.05, 4.69) is 0 Å². The molecular formula is C16H19F2NO2. The van der Waals surface area contributed by atoms with E-state index in [1.165, 1.54) is 12.1 Å². The number of amides is 1. The highest BCUT2D eigenvalue weighted by atomic mass is 19.2. The summed E-state index contributed by atoms with van der Waals surface area (Å²) in [5.74, 6) is -1.74. The second-order valence-electron chi connectivity index (χ2n) is 5.91. The van der Waals surface area contributed by atoms with Gasteiger partial charge in [-0.1, -0.05) is 12.1 Å². The SMILES string of the molecule is O=C1CC[C@]2(CCCO2)CCN1Cc1cccc(F)c1F. The lowest BCUT2D eigenvalue weighted by Crippen LogP contribution is -2.32. The number of halogens is 2. The first-order valence-electron chi connectivity index (χ1n) is 7.44. The van der Waals surface area contributed by atoms with E-state index in [4.69, 9.17) is 4.74 Å². The van der Waals surface area contributed by atoms with Crippen molar-refractivity contribution in [2.45, 2.75) is 44.2 Å². The first kappa shape index (κ1) is 14.4. The van der Waals surface area contributed by atoms with Crippen LogP contribution in [0.4, 0.5) is 8.78 Å². The molecule has 0 saturated carbocycles. The number of carbonyl (C=O) groups is 1. The van der Waals surface area contributed by atoms with E-state index < -0.39 is 11.6 Å². The third-order valence-corrected chi connectivity index (χ3v) is 4.56. The molecule has 0 unspecified atom stereocenters. The van der Waals surface area contributed by atoms with Crippen LogP contribution in [0.25, 0.3) is 0 Å². The number of hydrogen-bond donors (Lipinski definition) is 0. The predicted molar refractivity (Wildman–Crippen MR) is 73.5 cm³/mol. The van der Waals surface area contributed by atoms with Crippen molar-refractivity contribution >= 4 is 5.91 Å². The highest BCUT2D eigenvalue weighted by Crippen LogP contribution is 2.36. The summed E-state index contributed by atoms with van der Waals surface area (Å²) in [4.78, 5) is 13.8. The Kier molecular flexibility index (Phi) is 3.93. The van der Waals surface area contributed by atoms with E-state index in [0.29, 0.717) is 13.0 Å². The van der Waals surface area contributed by atoms with Crippen LogP contribution in [-0.2, 0) is 16.1 Å². The van der Waals surface area contributed by atoms with Crippen molar-refractivity contribution < 1.29 is 18.3 Å². The molecule has 5 heteroatoms. The Bertz CT molecular complexity index is 541. The predicted octanol–water partition coefficient (Wildman–Crippen LogP) is 3.03. The normalized spacial score (nSPS) is 26.4. The molecule has 3 nitrogen and oxygen atoms in total. The van der Waals surface area contributed by atoms with Gasteiger partial charge in [0.2, 0.25) is 5.91 Å². The molecule has 1 amide bonds. The second-order valence-corrected chi connectivity index (χ2v) is 5.91. The molecule has 1 aromatic carbocycles. The summed E-state index contributed by atoms with van der Waals surface area (Å²) >= 11 is 0. The summed E-state index contributed by atoms with van der Waals surface area (Å²) in [5.41, 5.74) is 0.0527. The Morgan fingerprint density at radius 2 is 2.10 bits per heavy atom. The van der Waals surface area contributed by atoms with Crippen molar-refractivity contribution in [3.05, 3.63) is 35.4 Å². The summed E-state index contributed by atoms with van der Waals surface area (Å²) in [6.45, 7) is 1.42. The Morgan fingerprint density at radius 1 is 1.24 bits per heavy atom. The highest BCUT2D eigenvalue weighted by Gasteiger charge is 2.38. The number of benzene rings is 1. The van der Waals surface area contributed by atoms with Crippen molar-refractivity contribution in [3.8, 4) is 0 Å². The van der Waals surface area contributed by atoms with Gasteiger partial charge in [0, 0.05) is 31.7 Å². The minimum atomic E-state index is -0.870. The molecular weight excluding hydrogens is 276 g/mol. The fourth-order valence-electron chi connectivity index (χ4n) is 3.27. The number of hydrogen-bond acceptors (Lipinski definition) is 2. The van der Waals surface area contributed by atoms with Gasteiger partial charge in [0.1, 0.15) is 0 Å². The third kappa shape index (κ3) is 2.93. The molecule has 2 aliphatic rings. The van der Waals surface area contributed by atoms with Crippen LogP contribution in [0.5, 0.6) is 0 Å². The van der Waals surface area contributed by atoms with Gasteiger partial charge in [-0.25, -0.2) is 8.78 Å². The molecule has 2 fully saturated rings. The van der Waals surface area contributed by atoms with Gasteiger partial charge in [-0.3, -0.25) is 4.79 Å². The van der Waals surface area contributed by atoms with E-state index in [1.54, 1.807) is 4.90 Å². The van der Waals surface area contributed by atoms with E-state index in [0.717, 1.165) is 38.4 Å². The summed E-state index contributed by atoms with van der Waals surface area (Å²) in [6, 6.07) is 4.08. The molecule has 21 heavy (non-hydrogen) atoms. The molecule has 0 bridgehead atoms. The van der Waals surface area contributed by atoms with Crippen LogP contribution in [0.15, 0.2) is 18.2 Å². The Balaban J connectivity index is 1.73. The Hall–Kier alpha value is -1.49. The van der Waals surface area contributed by atoms with Gasteiger partial charge in [0.15, 0.2) is 11.6 Å². The second kappa shape index (κ2) is 5.72. The maximum atomic E-state index is 13.7. The molecule has 2 heterocycles. The first-order valence-corrected chi connectivity index (χ1v) is 7.44. The number of nitrogens with zero attached hydrogens (tertiary/aromatic N) is 1. The van der Waals surface area contributed by atoms with Crippen LogP contribution < -0.4 is 0 Å². The summed E-state index contributed by atoms with van der Waals surface area (Å²) in [7, 11) is 0. The standard InChI is InChI=1S/C16H19F2NO2/c17-13-4-1-3-12(15(13)18)11-19-9-8-16(6-2-10-21-16)7-5-14(19)20/h1,3-4H,2,5-11H2/t16-/m1/s1. The molecule has 3 rings (SSSR count). The fourth-order valence-corrected chi connectivity index (χ4v) is 3.27. The molecule has 0 N–H and O–H groups in total. The fraction of sp³-hybridized carbons (Fsp3) is 0.562. The number of rotatable bonds is 2. The van der Waals surface area contributed by atoms with Gasteiger partial charge in [-0.05, 0) is 31.7 Å². The van der Waals surface area contributed by atoms with Crippen LogP contribution in [-0.4, -0.2) is 29.6 Å². The molecule has 2 aliphatic heterocycles. The lowest BCUT2D eigenvalue weighted by molar-refractivity contribution is -0.131. The smallest absolute Gasteiger partial charge is 0.222 e. The minimum Gasteiger partial charge on any atom is -0.375 e. The average molecular weight is 295 g/mol. The number of carbonyl (C=O) groups excluding carboxylic acids is 1. The largest absolute Gasteiger partial charge is 0.375 e. The molecule has 1 atom stereocenters. The van der Waals surface area contributed by atoms with Crippen LogP contribution in [0, 0.1) is 11.6 Å². The van der Waals surface area contributed by atoms with Gasteiger partial charge in [-0.2, -0.15) is 0 Å². The molecule has 2 saturated heterocycles. The topological polar surface area (TPSA) is 29.5 Å². The van der Waals surface area contributed by atoms with Crippen molar-refractivity contribution in [1.82, 2.24) is 4.90 Å². The zero-order chi connectivity index (χ0) is 14.9.